The van der Waals surface area contributed by atoms with Crippen molar-refractivity contribution in [1.82, 2.24) is 0 Å². The van der Waals surface area contributed by atoms with Crippen molar-refractivity contribution in [2.45, 2.75) is 64.4 Å². The maximum Gasteiger partial charge on any atom is 0.167 e. The first-order chi connectivity index (χ1) is 6.22. The molecule has 0 atom stereocenters. The molecular weight excluding hydrogens is 176 g/mol. The Morgan fingerprint density at radius 1 is 1.00 bits per heavy atom. The quantitative estimate of drug-likeness (QED) is 0.648. The highest BCUT2D eigenvalue weighted by atomic mass is 16.8. The maximum absolute atomic E-state index is 5.98. The van der Waals surface area contributed by atoms with Gasteiger partial charge < -0.3 is 9.47 Å². The van der Waals surface area contributed by atoms with E-state index in [0.717, 1.165) is 12.8 Å². The van der Waals surface area contributed by atoms with Crippen LogP contribution in [0.1, 0.15) is 47.5 Å². The van der Waals surface area contributed by atoms with Crippen molar-refractivity contribution in [3.63, 3.8) is 0 Å². The van der Waals surface area contributed by atoms with Gasteiger partial charge in [0.1, 0.15) is 0 Å². The van der Waals surface area contributed by atoms with Crippen molar-refractivity contribution in [2.24, 2.45) is 0 Å². The summed E-state index contributed by atoms with van der Waals surface area (Å²) in [5, 5.41) is 0. The van der Waals surface area contributed by atoms with Crippen LogP contribution in [-0.2, 0) is 9.47 Å². The first-order valence-electron chi connectivity index (χ1n) is 5.24. The summed E-state index contributed by atoms with van der Waals surface area (Å²) >= 11 is 0. The third-order valence-corrected chi connectivity index (χ3v) is 3.19. The predicted octanol–water partition coefficient (Wildman–Crippen LogP) is 3.27. The Morgan fingerprint density at radius 3 is 1.79 bits per heavy atom. The molecule has 1 aliphatic heterocycles. The lowest BCUT2D eigenvalue weighted by Gasteiger charge is -2.30. The van der Waals surface area contributed by atoms with Crippen LogP contribution in [0.15, 0.2) is 12.7 Å². The van der Waals surface area contributed by atoms with Crippen LogP contribution in [0.4, 0.5) is 0 Å². The van der Waals surface area contributed by atoms with Gasteiger partial charge >= 0.3 is 0 Å². The molecule has 0 spiro atoms. The van der Waals surface area contributed by atoms with E-state index in [2.05, 4.69) is 34.3 Å². The molecule has 1 saturated heterocycles. The van der Waals surface area contributed by atoms with Gasteiger partial charge in [0.15, 0.2) is 5.79 Å². The van der Waals surface area contributed by atoms with Gasteiger partial charge in [-0.05, 0) is 41.0 Å². The summed E-state index contributed by atoms with van der Waals surface area (Å²) in [4.78, 5) is 0. The van der Waals surface area contributed by atoms with Crippen LogP contribution in [-0.4, -0.2) is 17.0 Å². The highest BCUT2D eigenvalue weighted by Crippen LogP contribution is 2.45. The largest absolute Gasteiger partial charge is 0.341 e. The van der Waals surface area contributed by atoms with Gasteiger partial charge in [0.05, 0.1) is 11.2 Å². The van der Waals surface area contributed by atoms with E-state index in [1.165, 1.54) is 0 Å². The van der Waals surface area contributed by atoms with E-state index >= 15 is 0 Å². The number of ether oxygens (including phenoxy) is 2. The fourth-order valence-electron chi connectivity index (χ4n) is 1.81. The number of hydrogen-bond donors (Lipinski definition) is 0. The van der Waals surface area contributed by atoms with Gasteiger partial charge in [-0.2, -0.15) is 0 Å². The summed E-state index contributed by atoms with van der Waals surface area (Å²) in [6.45, 7) is 14.0. The Balaban J connectivity index is 2.74. The molecule has 82 valence electrons. The number of rotatable bonds is 3. The Morgan fingerprint density at radius 2 is 1.43 bits per heavy atom. The van der Waals surface area contributed by atoms with Crippen LogP contribution >= 0.6 is 0 Å². The van der Waals surface area contributed by atoms with E-state index in [4.69, 9.17) is 9.47 Å². The standard InChI is InChI=1S/C12H22O2/c1-7-8-9-12(6)13-10(2,3)11(4,5)14-12/h7H,1,8-9H2,2-6H3. The zero-order valence-corrected chi connectivity index (χ0v) is 10.0. The van der Waals surface area contributed by atoms with Gasteiger partial charge in [0.2, 0.25) is 0 Å². The van der Waals surface area contributed by atoms with Crippen molar-refractivity contribution in [1.29, 1.82) is 0 Å². The normalized spacial score (nSPS) is 27.5. The molecular formula is C12H22O2. The molecule has 1 aliphatic rings. The molecule has 0 saturated carbocycles. The predicted molar refractivity (Wildman–Crippen MR) is 58.2 cm³/mol. The van der Waals surface area contributed by atoms with Gasteiger partial charge in [-0.15, -0.1) is 6.58 Å². The zero-order chi connectivity index (χ0) is 11.0. The highest BCUT2D eigenvalue weighted by molar-refractivity contribution is 4.98. The summed E-state index contributed by atoms with van der Waals surface area (Å²) < 4.78 is 12.0. The summed E-state index contributed by atoms with van der Waals surface area (Å²) in [5.41, 5.74) is -0.466. The van der Waals surface area contributed by atoms with E-state index in [0.29, 0.717) is 0 Å². The molecule has 0 aromatic heterocycles. The van der Waals surface area contributed by atoms with E-state index in [-0.39, 0.29) is 11.2 Å². The van der Waals surface area contributed by atoms with Gasteiger partial charge in [0, 0.05) is 6.42 Å². The van der Waals surface area contributed by atoms with Crippen LogP contribution < -0.4 is 0 Å². The van der Waals surface area contributed by atoms with Crippen LogP contribution in [0.5, 0.6) is 0 Å². The zero-order valence-electron chi connectivity index (χ0n) is 10.0. The molecule has 2 heteroatoms. The summed E-state index contributed by atoms with van der Waals surface area (Å²) in [6.07, 6.45) is 3.68. The molecule has 1 heterocycles. The Hall–Kier alpha value is -0.340. The lowest BCUT2D eigenvalue weighted by Crippen LogP contribution is -2.41. The third-order valence-electron chi connectivity index (χ3n) is 3.19. The monoisotopic (exact) mass is 198 g/mol. The van der Waals surface area contributed by atoms with Gasteiger partial charge in [0.25, 0.3) is 0 Å². The lowest BCUT2D eigenvalue weighted by molar-refractivity contribution is -0.181. The average Bonchev–Trinajstić information content (AvgIpc) is 2.13. The van der Waals surface area contributed by atoms with Gasteiger partial charge in [-0.1, -0.05) is 6.08 Å². The molecule has 0 aromatic rings. The lowest BCUT2D eigenvalue weighted by atomic mass is 9.90. The van der Waals surface area contributed by atoms with Crippen LogP contribution in [0.3, 0.4) is 0 Å². The van der Waals surface area contributed by atoms with E-state index < -0.39 is 5.79 Å². The molecule has 1 fully saturated rings. The molecule has 14 heavy (non-hydrogen) atoms. The Kier molecular flexibility index (Phi) is 2.81. The van der Waals surface area contributed by atoms with E-state index in [1.807, 2.05) is 13.0 Å². The van der Waals surface area contributed by atoms with Crippen LogP contribution in [0.25, 0.3) is 0 Å². The molecule has 0 radical (unpaired) electrons. The number of allylic oxidation sites excluding steroid dienone is 1. The van der Waals surface area contributed by atoms with Crippen molar-refractivity contribution in [3.05, 3.63) is 12.7 Å². The third kappa shape index (κ3) is 2.01. The van der Waals surface area contributed by atoms with E-state index in [9.17, 15) is 0 Å². The van der Waals surface area contributed by atoms with Crippen molar-refractivity contribution < 1.29 is 9.47 Å². The summed E-state index contributed by atoms with van der Waals surface area (Å²) in [6, 6.07) is 0. The van der Waals surface area contributed by atoms with Crippen molar-refractivity contribution in [3.8, 4) is 0 Å². The minimum Gasteiger partial charge on any atom is -0.341 e. The molecule has 0 N–H and O–H groups in total. The maximum atomic E-state index is 5.98. The molecule has 1 rings (SSSR count). The van der Waals surface area contributed by atoms with Crippen molar-refractivity contribution >= 4 is 0 Å². The SMILES string of the molecule is C=CCCC1(C)OC(C)(C)C(C)(C)O1. The van der Waals surface area contributed by atoms with Gasteiger partial charge in [-0.3, -0.25) is 0 Å². The van der Waals surface area contributed by atoms with Crippen molar-refractivity contribution in [2.75, 3.05) is 0 Å². The summed E-state index contributed by atoms with van der Waals surface area (Å²) in [7, 11) is 0. The van der Waals surface area contributed by atoms with Crippen LogP contribution in [0, 0.1) is 0 Å². The van der Waals surface area contributed by atoms with E-state index in [1.54, 1.807) is 0 Å². The number of hydrogen-bond acceptors (Lipinski definition) is 2. The average molecular weight is 198 g/mol. The van der Waals surface area contributed by atoms with Gasteiger partial charge in [-0.25, -0.2) is 0 Å². The fourth-order valence-corrected chi connectivity index (χ4v) is 1.81. The smallest absolute Gasteiger partial charge is 0.167 e. The highest BCUT2D eigenvalue weighted by Gasteiger charge is 2.54. The minimum atomic E-state index is -0.457. The fraction of sp³-hybridized carbons (Fsp3) is 0.833. The summed E-state index contributed by atoms with van der Waals surface area (Å²) in [5.74, 6) is -0.457. The molecule has 0 aromatic carbocycles. The van der Waals surface area contributed by atoms with Crippen LogP contribution in [0.2, 0.25) is 0 Å². The molecule has 0 aliphatic carbocycles. The molecule has 0 unspecified atom stereocenters. The minimum absolute atomic E-state index is 0.233. The molecule has 0 bridgehead atoms. The second-order valence-corrected chi connectivity index (χ2v) is 5.19. The molecule has 0 amide bonds. The Labute approximate surface area is 87.3 Å². The topological polar surface area (TPSA) is 18.5 Å². The second-order valence-electron chi connectivity index (χ2n) is 5.19. The molecule has 2 nitrogen and oxygen atoms in total. The Bertz CT molecular complexity index is 212. The second kappa shape index (κ2) is 3.35. The first kappa shape index (κ1) is 11.7. The first-order valence-corrected chi connectivity index (χ1v) is 5.24.